The van der Waals surface area contributed by atoms with Gasteiger partial charge in [0.15, 0.2) is 11.6 Å². The summed E-state index contributed by atoms with van der Waals surface area (Å²) in [6, 6.07) is 17.7. The molecule has 0 bridgehead atoms. The molecule has 0 radical (unpaired) electrons. The molecule has 2 aromatic carbocycles. The summed E-state index contributed by atoms with van der Waals surface area (Å²) < 4.78 is 0.894. The summed E-state index contributed by atoms with van der Waals surface area (Å²) in [6.07, 6.45) is 2.96. The van der Waals surface area contributed by atoms with Crippen LogP contribution in [-0.2, 0) is 6.54 Å². The van der Waals surface area contributed by atoms with Crippen LogP contribution < -0.4 is 21.5 Å². The van der Waals surface area contributed by atoms with Crippen LogP contribution in [0.5, 0.6) is 0 Å². The number of nitrogens with two attached hydrogens (primary N) is 1. The maximum Gasteiger partial charge on any atom is 0.265 e. The number of para-hydroxylation sites is 1. The van der Waals surface area contributed by atoms with Gasteiger partial charge in [0.1, 0.15) is 5.56 Å². The van der Waals surface area contributed by atoms with E-state index in [9.17, 15) is 9.59 Å². The van der Waals surface area contributed by atoms with Gasteiger partial charge in [0, 0.05) is 34.8 Å². The van der Waals surface area contributed by atoms with E-state index in [4.69, 9.17) is 15.7 Å². The highest BCUT2D eigenvalue weighted by Crippen LogP contribution is 2.35. The van der Waals surface area contributed by atoms with Gasteiger partial charge in [-0.05, 0) is 24.3 Å². The number of carbonyl (C=O) groups is 1. The van der Waals surface area contributed by atoms with E-state index in [2.05, 4.69) is 25.5 Å². The van der Waals surface area contributed by atoms with Gasteiger partial charge in [-0.15, -0.1) is 11.3 Å². The molecule has 0 fully saturated rings. The number of hydrogen-bond donors (Lipinski definition) is 4. The highest BCUT2D eigenvalue weighted by molar-refractivity contribution is 7.19. The van der Waals surface area contributed by atoms with Crippen LogP contribution in [0.3, 0.4) is 0 Å². The van der Waals surface area contributed by atoms with Crippen molar-refractivity contribution in [3.63, 3.8) is 0 Å². The summed E-state index contributed by atoms with van der Waals surface area (Å²) in [5, 5.41) is 11.5. The molecule has 38 heavy (non-hydrogen) atoms. The lowest BCUT2D eigenvalue weighted by atomic mass is 10.1. The number of H-pyrrole nitrogens is 2. The first-order valence-electron chi connectivity index (χ1n) is 11.6. The number of anilines is 3. The lowest BCUT2D eigenvalue weighted by Crippen LogP contribution is -2.27. The van der Waals surface area contributed by atoms with E-state index >= 15 is 0 Å². The third-order valence-corrected chi connectivity index (χ3v) is 7.11. The number of aromatic amines is 2. The molecule has 1 amide bonds. The van der Waals surface area contributed by atoms with Crippen molar-refractivity contribution in [3.05, 3.63) is 87.8 Å². The van der Waals surface area contributed by atoms with Gasteiger partial charge in [-0.2, -0.15) is 5.10 Å². The van der Waals surface area contributed by atoms with Crippen LogP contribution in [0.2, 0.25) is 0 Å². The van der Waals surface area contributed by atoms with E-state index in [1.165, 1.54) is 6.20 Å². The summed E-state index contributed by atoms with van der Waals surface area (Å²) in [7, 11) is 1.80. The molecular formula is C26H21N9O2S. The first-order chi connectivity index (χ1) is 18.5. The Morgan fingerprint density at radius 3 is 2.74 bits per heavy atom. The number of thiophene rings is 1. The molecule has 6 aromatic rings. The average Bonchev–Trinajstić information content (AvgIpc) is 3.55. The number of primary amides is 1. The fourth-order valence-corrected chi connectivity index (χ4v) is 5.24. The summed E-state index contributed by atoms with van der Waals surface area (Å²) in [6.45, 7) is 0.442. The van der Waals surface area contributed by atoms with Gasteiger partial charge < -0.3 is 16.0 Å². The monoisotopic (exact) mass is 523 g/mol. The Kier molecular flexibility index (Phi) is 5.77. The van der Waals surface area contributed by atoms with Gasteiger partial charge in [-0.25, -0.2) is 15.0 Å². The van der Waals surface area contributed by atoms with Gasteiger partial charge in [-0.3, -0.25) is 19.7 Å². The number of benzene rings is 2. The normalized spacial score (nSPS) is 11.2. The van der Waals surface area contributed by atoms with E-state index in [0.717, 1.165) is 37.2 Å². The smallest absolute Gasteiger partial charge is 0.265 e. The Labute approximate surface area is 219 Å². The highest BCUT2D eigenvalue weighted by atomic mass is 32.1. The first kappa shape index (κ1) is 23.3. The molecular weight excluding hydrogens is 502 g/mol. The van der Waals surface area contributed by atoms with Crippen molar-refractivity contribution in [2.75, 3.05) is 17.3 Å². The third kappa shape index (κ3) is 4.33. The number of nitrogens with zero attached hydrogens (tertiary/aromatic N) is 5. The standard InChI is InChI=1S/C26H21N9O2S/c1-35(26-28-11-18(22(27)36)25(37)33-26)13-15-10-20-21(38-15)24(30-14-6-3-2-4-7-14)32-23(31-20)16-8-5-9-19-17(16)12-29-34-19/h2-12H,13H2,1H3,(H2,27,36)(H,29,34)(H,28,33,37)(H,30,31,32). The minimum atomic E-state index is -0.823. The van der Waals surface area contributed by atoms with Gasteiger partial charge in [0.05, 0.1) is 28.5 Å². The highest BCUT2D eigenvalue weighted by Gasteiger charge is 2.17. The topological polar surface area (TPSA) is 159 Å². The molecule has 0 unspecified atom stereocenters. The summed E-state index contributed by atoms with van der Waals surface area (Å²) in [4.78, 5) is 42.9. The van der Waals surface area contributed by atoms with Crippen molar-refractivity contribution >= 4 is 55.8 Å². The Morgan fingerprint density at radius 2 is 1.95 bits per heavy atom. The maximum absolute atomic E-state index is 12.2. The van der Waals surface area contributed by atoms with E-state index in [0.29, 0.717) is 24.1 Å². The molecule has 11 nitrogen and oxygen atoms in total. The van der Waals surface area contributed by atoms with Crippen molar-refractivity contribution in [2.24, 2.45) is 5.73 Å². The Balaban J connectivity index is 1.41. The molecule has 0 aliphatic heterocycles. The SMILES string of the molecule is CN(Cc1cc2nc(-c3cccc4[nH]ncc34)nc(Nc3ccccc3)c2s1)c1ncc(C(N)=O)c(=O)[nH]1. The number of fused-ring (bicyclic) bond motifs is 2. The maximum atomic E-state index is 12.2. The number of hydrogen-bond acceptors (Lipinski definition) is 9. The van der Waals surface area contributed by atoms with Gasteiger partial charge in [0.2, 0.25) is 5.95 Å². The lowest BCUT2D eigenvalue weighted by molar-refractivity contribution is 0.0998. The lowest BCUT2D eigenvalue weighted by Gasteiger charge is -2.16. The van der Waals surface area contributed by atoms with Crippen LogP contribution in [0, 0.1) is 0 Å². The van der Waals surface area contributed by atoms with Crippen molar-refractivity contribution in [1.29, 1.82) is 0 Å². The molecule has 4 heterocycles. The molecule has 0 aliphatic carbocycles. The second kappa shape index (κ2) is 9.41. The van der Waals surface area contributed by atoms with E-state index in [1.807, 2.05) is 54.6 Å². The Bertz CT molecular complexity index is 1860. The quantitative estimate of drug-likeness (QED) is 0.246. The fraction of sp³-hybridized carbons (Fsp3) is 0.0769. The Hall–Kier alpha value is -5.10. The number of nitrogens with one attached hydrogen (secondary N) is 3. The van der Waals surface area contributed by atoms with Gasteiger partial charge >= 0.3 is 0 Å². The van der Waals surface area contributed by atoms with E-state index < -0.39 is 11.5 Å². The van der Waals surface area contributed by atoms with Crippen LogP contribution in [0.4, 0.5) is 17.5 Å². The summed E-state index contributed by atoms with van der Waals surface area (Å²) in [5.74, 6) is 0.761. The molecule has 6 rings (SSSR count). The van der Waals surface area contributed by atoms with E-state index in [1.54, 1.807) is 29.5 Å². The number of aromatic nitrogens is 6. The van der Waals surface area contributed by atoms with E-state index in [-0.39, 0.29) is 5.56 Å². The largest absolute Gasteiger partial charge is 0.365 e. The molecule has 4 aromatic heterocycles. The second-order valence-corrected chi connectivity index (χ2v) is 9.76. The van der Waals surface area contributed by atoms with Crippen LogP contribution in [0.25, 0.3) is 32.5 Å². The minimum Gasteiger partial charge on any atom is -0.365 e. The predicted octanol–water partition coefficient (Wildman–Crippen LogP) is 3.80. The molecule has 0 saturated heterocycles. The number of rotatable bonds is 7. The summed E-state index contributed by atoms with van der Waals surface area (Å²) >= 11 is 1.55. The van der Waals surface area contributed by atoms with Crippen LogP contribution in [0.15, 0.2) is 71.8 Å². The first-order valence-corrected chi connectivity index (χ1v) is 12.4. The summed E-state index contributed by atoms with van der Waals surface area (Å²) in [5.41, 5.74) is 7.92. The van der Waals surface area contributed by atoms with Crippen molar-refractivity contribution in [3.8, 4) is 11.4 Å². The molecule has 188 valence electrons. The van der Waals surface area contributed by atoms with Crippen LogP contribution in [-0.4, -0.2) is 43.1 Å². The predicted molar refractivity (Wildman–Crippen MR) is 148 cm³/mol. The zero-order valence-corrected chi connectivity index (χ0v) is 20.9. The molecule has 12 heteroatoms. The third-order valence-electron chi connectivity index (χ3n) is 5.99. The molecule has 0 saturated carbocycles. The minimum absolute atomic E-state index is 0.184. The zero-order valence-electron chi connectivity index (χ0n) is 20.1. The van der Waals surface area contributed by atoms with Crippen molar-refractivity contribution in [1.82, 2.24) is 30.1 Å². The second-order valence-electron chi connectivity index (χ2n) is 8.62. The van der Waals surface area contributed by atoms with Gasteiger partial charge in [-0.1, -0.05) is 30.3 Å². The van der Waals surface area contributed by atoms with Crippen LogP contribution >= 0.6 is 11.3 Å². The average molecular weight is 524 g/mol. The molecule has 0 spiro atoms. The molecule has 0 atom stereocenters. The van der Waals surface area contributed by atoms with Crippen molar-refractivity contribution < 1.29 is 4.79 Å². The Morgan fingerprint density at radius 1 is 1.11 bits per heavy atom. The molecule has 5 N–H and O–H groups in total. The number of carbonyl (C=O) groups excluding carboxylic acids is 1. The van der Waals surface area contributed by atoms with Crippen LogP contribution in [0.1, 0.15) is 15.2 Å². The fourth-order valence-electron chi connectivity index (χ4n) is 4.15. The van der Waals surface area contributed by atoms with Gasteiger partial charge in [0.25, 0.3) is 11.5 Å². The van der Waals surface area contributed by atoms with Crippen molar-refractivity contribution in [2.45, 2.75) is 6.54 Å². The molecule has 0 aliphatic rings. The zero-order chi connectivity index (χ0) is 26.2. The number of amides is 1.